The average Bonchev–Trinajstić information content (AvgIpc) is 2.69. The predicted molar refractivity (Wildman–Crippen MR) is 108 cm³/mol. The number of hydrogen-bond acceptors (Lipinski definition) is 4. The van der Waals surface area contributed by atoms with Gasteiger partial charge >= 0.3 is 14.5 Å². The second kappa shape index (κ2) is 9.13. The lowest BCUT2D eigenvalue weighted by Gasteiger charge is -2.42. The van der Waals surface area contributed by atoms with Crippen molar-refractivity contribution in [1.29, 1.82) is 0 Å². The third kappa shape index (κ3) is 4.56. The topological polar surface area (TPSA) is 44.8 Å². The second-order valence-corrected chi connectivity index (χ2v) is 9.37. The van der Waals surface area contributed by atoms with Crippen molar-refractivity contribution in [2.75, 3.05) is 6.61 Å². The van der Waals surface area contributed by atoms with Crippen molar-refractivity contribution in [1.82, 2.24) is 0 Å². The summed E-state index contributed by atoms with van der Waals surface area (Å²) in [7, 11) is -2.95. The fourth-order valence-corrected chi connectivity index (χ4v) is 6.89. The van der Waals surface area contributed by atoms with E-state index in [0.29, 0.717) is 13.0 Å². The zero-order valence-electron chi connectivity index (χ0n) is 15.8. The largest absolute Gasteiger partial charge is 0.466 e. The van der Waals surface area contributed by atoms with Gasteiger partial charge in [0.05, 0.1) is 25.2 Å². The lowest BCUT2D eigenvalue weighted by Crippen LogP contribution is -2.68. The van der Waals surface area contributed by atoms with Crippen LogP contribution < -0.4 is 10.4 Å². The third-order valence-electron chi connectivity index (χ3n) is 4.56. The molecule has 2 aromatic rings. The minimum atomic E-state index is -2.95. The molecular formula is C22H26O4Si. The van der Waals surface area contributed by atoms with E-state index in [4.69, 9.17) is 13.6 Å². The number of ether oxygens (including phenoxy) is 1. The van der Waals surface area contributed by atoms with Gasteiger partial charge in [0.15, 0.2) is 0 Å². The Morgan fingerprint density at radius 1 is 1.07 bits per heavy atom. The molecular weight excluding hydrogens is 356 g/mol. The molecule has 0 aromatic heterocycles. The number of esters is 1. The summed E-state index contributed by atoms with van der Waals surface area (Å²) in [6.45, 7) is 4.17. The van der Waals surface area contributed by atoms with E-state index in [0.717, 1.165) is 10.4 Å². The Morgan fingerprint density at radius 3 is 2.19 bits per heavy atom. The first kappa shape index (κ1) is 19.5. The zero-order chi connectivity index (χ0) is 19.1. The minimum absolute atomic E-state index is 0.102. The normalized spacial score (nSPS) is 21.9. The van der Waals surface area contributed by atoms with Gasteiger partial charge in [-0.2, -0.15) is 0 Å². The van der Waals surface area contributed by atoms with Crippen LogP contribution in [0.5, 0.6) is 0 Å². The van der Waals surface area contributed by atoms with E-state index in [2.05, 4.69) is 24.3 Å². The Hall–Kier alpha value is -2.21. The molecule has 0 aliphatic carbocycles. The summed E-state index contributed by atoms with van der Waals surface area (Å²) in [6.07, 6.45) is 4.57. The second-order valence-electron chi connectivity index (χ2n) is 6.52. The number of allylic oxidation sites excluding steroid dienone is 1. The molecule has 0 amide bonds. The van der Waals surface area contributed by atoms with Crippen LogP contribution >= 0.6 is 0 Å². The van der Waals surface area contributed by atoms with Crippen molar-refractivity contribution in [3.8, 4) is 0 Å². The van der Waals surface area contributed by atoms with Crippen LogP contribution in [-0.2, 0) is 18.4 Å². The van der Waals surface area contributed by atoms with E-state index in [1.54, 1.807) is 0 Å². The Bertz CT molecular complexity index is 721. The van der Waals surface area contributed by atoms with Gasteiger partial charge in [-0.3, -0.25) is 4.79 Å². The monoisotopic (exact) mass is 382 g/mol. The van der Waals surface area contributed by atoms with Crippen molar-refractivity contribution >= 4 is 24.9 Å². The van der Waals surface area contributed by atoms with E-state index >= 15 is 0 Å². The van der Waals surface area contributed by atoms with Gasteiger partial charge in [-0.15, -0.1) is 0 Å². The van der Waals surface area contributed by atoms with Crippen LogP contribution in [0.4, 0.5) is 0 Å². The highest BCUT2D eigenvalue weighted by Gasteiger charge is 2.50. The predicted octanol–water partition coefficient (Wildman–Crippen LogP) is 2.95. The van der Waals surface area contributed by atoms with Crippen LogP contribution in [0.25, 0.3) is 0 Å². The molecule has 2 aromatic carbocycles. The van der Waals surface area contributed by atoms with Crippen LogP contribution in [0.3, 0.4) is 0 Å². The molecule has 0 spiro atoms. The van der Waals surface area contributed by atoms with Crippen LogP contribution in [0.15, 0.2) is 72.8 Å². The van der Waals surface area contributed by atoms with Gasteiger partial charge in [-0.05, 0) is 24.2 Å². The molecule has 1 aliphatic heterocycles. The zero-order valence-corrected chi connectivity index (χ0v) is 16.8. The Balaban J connectivity index is 2.03. The summed E-state index contributed by atoms with van der Waals surface area (Å²) in [5, 5.41) is 2.08. The van der Waals surface area contributed by atoms with Crippen molar-refractivity contribution in [2.24, 2.45) is 0 Å². The fourth-order valence-electron chi connectivity index (χ4n) is 3.45. The first-order valence-electron chi connectivity index (χ1n) is 9.43. The molecule has 0 N–H and O–H groups in total. The molecule has 1 fully saturated rings. The van der Waals surface area contributed by atoms with Gasteiger partial charge in [0, 0.05) is 6.42 Å². The SMILES string of the molecule is C/C=C/[C@@H]1C[C@H](CC(=O)OCC)O[Si](c2ccccc2)(c2ccccc2)O1. The molecule has 1 heterocycles. The minimum Gasteiger partial charge on any atom is -0.466 e. The summed E-state index contributed by atoms with van der Waals surface area (Å²) < 4.78 is 18.4. The molecule has 1 aliphatic rings. The molecule has 0 saturated carbocycles. The lowest BCUT2D eigenvalue weighted by atomic mass is 10.1. The molecule has 1 saturated heterocycles. The number of hydrogen-bond donors (Lipinski definition) is 0. The third-order valence-corrected chi connectivity index (χ3v) is 8.05. The molecule has 0 unspecified atom stereocenters. The smallest absolute Gasteiger partial charge is 0.407 e. The van der Waals surface area contributed by atoms with E-state index < -0.39 is 8.56 Å². The number of rotatable bonds is 6. The van der Waals surface area contributed by atoms with E-state index in [1.807, 2.05) is 62.4 Å². The summed E-state index contributed by atoms with van der Waals surface area (Å²) in [4.78, 5) is 12.1. The number of carbonyl (C=O) groups excluding carboxylic acids is 1. The van der Waals surface area contributed by atoms with Crippen LogP contribution in [0.1, 0.15) is 26.7 Å². The fraction of sp³-hybridized carbons (Fsp3) is 0.318. The summed E-state index contributed by atoms with van der Waals surface area (Å²) >= 11 is 0. The Morgan fingerprint density at radius 2 is 1.67 bits per heavy atom. The molecule has 142 valence electrons. The van der Waals surface area contributed by atoms with Crippen molar-refractivity contribution in [2.45, 2.75) is 38.9 Å². The van der Waals surface area contributed by atoms with Gasteiger partial charge in [0.1, 0.15) is 0 Å². The van der Waals surface area contributed by atoms with Gasteiger partial charge in [0.25, 0.3) is 0 Å². The standard InChI is InChI=1S/C22H26O4Si/c1-3-11-18-16-19(17-22(23)24-4-2)26-27(25-18,20-12-7-5-8-13-20)21-14-9-6-10-15-21/h3,5-15,18-19H,4,16-17H2,1-2H3/b11-3+/t18-,19-/m1/s1. The van der Waals surface area contributed by atoms with Gasteiger partial charge in [0.2, 0.25) is 0 Å². The van der Waals surface area contributed by atoms with Crippen LogP contribution in [0, 0.1) is 0 Å². The van der Waals surface area contributed by atoms with Gasteiger partial charge in [-0.25, -0.2) is 0 Å². The van der Waals surface area contributed by atoms with Gasteiger partial charge in [-0.1, -0.05) is 72.8 Å². The number of benzene rings is 2. The van der Waals surface area contributed by atoms with E-state index in [-0.39, 0.29) is 24.6 Å². The molecule has 4 nitrogen and oxygen atoms in total. The molecule has 0 radical (unpaired) electrons. The van der Waals surface area contributed by atoms with E-state index in [9.17, 15) is 4.79 Å². The summed E-state index contributed by atoms with van der Waals surface area (Å²) in [5.74, 6) is -0.229. The highest BCUT2D eigenvalue weighted by Crippen LogP contribution is 2.27. The first-order valence-corrected chi connectivity index (χ1v) is 11.2. The quantitative estimate of drug-likeness (QED) is 0.438. The van der Waals surface area contributed by atoms with Crippen LogP contribution in [-0.4, -0.2) is 33.3 Å². The van der Waals surface area contributed by atoms with E-state index in [1.165, 1.54) is 0 Å². The maximum atomic E-state index is 12.1. The Labute approximate surface area is 162 Å². The maximum Gasteiger partial charge on any atom is 0.407 e. The summed E-state index contributed by atoms with van der Waals surface area (Å²) in [6, 6.07) is 20.2. The first-order chi connectivity index (χ1) is 13.2. The van der Waals surface area contributed by atoms with Crippen LogP contribution in [0.2, 0.25) is 0 Å². The molecule has 2 atom stereocenters. The molecule has 5 heteroatoms. The number of carbonyl (C=O) groups is 1. The maximum absolute atomic E-state index is 12.1. The Kier molecular flexibility index (Phi) is 6.61. The van der Waals surface area contributed by atoms with Crippen molar-refractivity contribution < 1.29 is 18.4 Å². The molecule has 27 heavy (non-hydrogen) atoms. The lowest BCUT2D eigenvalue weighted by molar-refractivity contribution is -0.146. The average molecular weight is 383 g/mol. The molecule has 0 bridgehead atoms. The highest BCUT2D eigenvalue weighted by atomic mass is 28.4. The molecule has 3 rings (SSSR count). The highest BCUT2D eigenvalue weighted by molar-refractivity contribution is 6.92. The summed E-state index contributed by atoms with van der Waals surface area (Å²) in [5.41, 5.74) is 0. The van der Waals surface area contributed by atoms with Crippen molar-refractivity contribution in [3.63, 3.8) is 0 Å². The van der Waals surface area contributed by atoms with Crippen molar-refractivity contribution in [3.05, 3.63) is 72.8 Å². The van der Waals surface area contributed by atoms with Gasteiger partial charge < -0.3 is 13.6 Å².